The molecule has 56 heavy (non-hydrogen) atoms. The van der Waals surface area contributed by atoms with E-state index in [9.17, 15) is 19.2 Å². The maximum Gasteiger partial charge on any atom is 0.253 e. The Hall–Kier alpha value is -5.91. The van der Waals surface area contributed by atoms with Crippen molar-refractivity contribution in [1.29, 1.82) is 0 Å². The van der Waals surface area contributed by atoms with Gasteiger partial charge in [-0.15, -0.1) is 5.10 Å². The van der Waals surface area contributed by atoms with E-state index in [4.69, 9.17) is 0 Å². The minimum absolute atomic E-state index is 0.0760. The van der Waals surface area contributed by atoms with Crippen molar-refractivity contribution in [2.75, 3.05) is 27.2 Å². The first-order chi connectivity index (χ1) is 27.1. The Morgan fingerprint density at radius 2 is 1.80 bits per heavy atom. The van der Waals surface area contributed by atoms with E-state index in [1.807, 2.05) is 17.0 Å². The minimum atomic E-state index is -0.525. The molecule has 0 bridgehead atoms. The highest BCUT2D eigenvalue weighted by atomic mass is 19.1. The van der Waals surface area contributed by atoms with Crippen molar-refractivity contribution in [2.45, 2.75) is 70.4 Å². The molecule has 1 unspecified atom stereocenters. The number of aromatic nitrogens is 4. The van der Waals surface area contributed by atoms with Crippen molar-refractivity contribution < 1.29 is 23.6 Å². The molecule has 3 aromatic carbocycles. The molecular formula is C44H46FN7O4. The molecule has 8 rings (SSSR count). The number of aryl methyl sites for hydroxylation is 3. The maximum absolute atomic E-state index is 15.3. The summed E-state index contributed by atoms with van der Waals surface area (Å²) in [6.07, 6.45) is 10.8. The molecule has 11 nitrogen and oxygen atoms in total. The number of nitrogens with zero attached hydrogens (tertiary/aromatic N) is 6. The maximum atomic E-state index is 15.3. The molecule has 1 atom stereocenters. The molecule has 1 saturated carbocycles. The summed E-state index contributed by atoms with van der Waals surface area (Å²) >= 11 is 0. The number of nitrogens with one attached hydrogen (secondary N) is 1. The Morgan fingerprint density at radius 3 is 2.52 bits per heavy atom. The molecule has 0 radical (unpaired) electrons. The topological polar surface area (TPSA) is 122 Å². The van der Waals surface area contributed by atoms with Crippen LogP contribution in [-0.2, 0) is 40.3 Å². The van der Waals surface area contributed by atoms with Crippen LogP contribution in [0.1, 0.15) is 77.2 Å². The molecule has 5 aromatic rings. The fraction of sp³-hybridized carbons (Fsp3) is 0.364. The van der Waals surface area contributed by atoms with E-state index < -0.39 is 5.92 Å². The van der Waals surface area contributed by atoms with Gasteiger partial charge in [0, 0.05) is 75.0 Å². The van der Waals surface area contributed by atoms with E-state index in [0.29, 0.717) is 67.9 Å². The van der Waals surface area contributed by atoms with Crippen LogP contribution >= 0.6 is 0 Å². The summed E-state index contributed by atoms with van der Waals surface area (Å²) < 4.78 is 19.4. The van der Waals surface area contributed by atoms with Crippen molar-refractivity contribution in [3.05, 3.63) is 113 Å². The first-order valence-corrected chi connectivity index (χ1v) is 19.5. The van der Waals surface area contributed by atoms with Crippen LogP contribution in [0.3, 0.4) is 0 Å². The summed E-state index contributed by atoms with van der Waals surface area (Å²) in [4.78, 5) is 54.2. The van der Waals surface area contributed by atoms with Gasteiger partial charge in [0.25, 0.3) is 5.91 Å². The molecule has 1 aliphatic carbocycles. The largest absolute Gasteiger partial charge is 0.345 e. The van der Waals surface area contributed by atoms with Gasteiger partial charge in [0.05, 0.1) is 24.2 Å². The zero-order valence-corrected chi connectivity index (χ0v) is 31.8. The third-order valence-electron chi connectivity index (χ3n) is 11.3. The van der Waals surface area contributed by atoms with Crippen molar-refractivity contribution in [1.82, 2.24) is 34.7 Å². The Balaban J connectivity index is 1.07. The zero-order chi connectivity index (χ0) is 38.9. The van der Waals surface area contributed by atoms with Gasteiger partial charge in [-0.2, -0.15) is 0 Å². The fourth-order valence-electron chi connectivity index (χ4n) is 8.02. The number of imide groups is 1. The molecule has 4 heterocycles. The van der Waals surface area contributed by atoms with Gasteiger partial charge in [-0.05, 0) is 96.5 Å². The van der Waals surface area contributed by atoms with E-state index >= 15 is 4.39 Å². The lowest BCUT2D eigenvalue weighted by Gasteiger charge is -2.28. The average Bonchev–Trinajstić information content (AvgIpc) is 3.72. The van der Waals surface area contributed by atoms with Gasteiger partial charge >= 0.3 is 0 Å². The lowest BCUT2D eigenvalue weighted by atomic mass is 9.89. The Bertz CT molecular complexity index is 2340. The molecular weight excluding hydrogens is 710 g/mol. The van der Waals surface area contributed by atoms with Crippen molar-refractivity contribution in [3.8, 4) is 11.1 Å². The number of hydrogen-bond acceptors (Lipinski definition) is 6. The minimum Gasteiger partial charge on any atom is -0.345 e. The molecule has 288 valence electrons. The van der Waals surface area contributed by atoms with Crippen molar-refractivity contribution in [2.24, 2.45) is 5.92 Å². The number of hydrogen-bond donors (Lipinski definition) is 1. The number of amides is 4. The highest BCUT2D eigenvalue weighted by molar-refractivity contribution is 6.05. The van der Waals surface area contributed by atoms with Crippen LogP contribution in [-0.4, -0.2) is 80.2 Å². The zero-order valence-electron chi connectivity index (χ0n) is 31.8. The summed E-state index contributed by atoms with van der Waals surface area (Å²) in [5, 5.41) is 11.2. The second-order valence-electron chi connectivity index (χ2n) is 15.5. The smallest absolute Gasteiger partial charge is 0.253 e. The first kappa shape index (κ1) is 37.0. The molecule has 1 N–H and O–H groups in total. The van der Waals surface area contributed by atoms with Crippen molar-refractivity contribution >= 4 is 40.1 Å². The van der Waals surface area contributed by atoms with Gasteiger partial charge < -0.3 is 14.4 Å². The number of benzene rings is 3. The standard InChI is InChI=1S/C44H46FN7O4/c1-49(2)44(56)35-22-34-25-39(33-4-3-19-50(27-33)41(54)17-20-51-21-18-46-48-51)52(26-29-5-6-29)42(34)37(23-35)30-10-7-28(8-11-30)9-12-31-13-14-32(24-38(31)45)36-15-16-40(53)47-43(36)55/h4,7-8,10-11,13-14,18,21-25,29,36H,3,5-6,9,12,15-17,19-20,26-27H2,1-2H3,(H,47,53,55). The third-order valence-corrected chi connectivity index (χ3v) is 11.3. The normalized spacial score (nSPS) is 17.2. The summed E-state index contributed by atoms with van der Waals surface area (Å²) in [5.41, 5.74) is 8.03. The van der Waals surface area contributed by atoms with Gasteiger partial charge in [0.15, 0.2) is 0 Å². The Kier molecular flexibility index (Phi) is 10.4. The number of halogens is 1. The van der Waals surface area contributed by atoms with E-state index in [-0.39, 0.29) is 35.9 Å². The van der Waals surface area contributed by atoms with Crippen molar-refractivity contribution in [3.63, 3.8) is 0 Å². The Labute approximate surface area is 325 Å². The summed E-state index contributed by atoms with van der Waals surface area (Å²) in [5.74, 6) is -0.961. The average molecular weight is 756 g/mol. The van der Waals surface area contributed by atoms with Gasteiger partial charge in [-0.1, -0.05) is 47.7 Å². The third kappa shape index (κ3) is 7.91. The molecule has 2 aromatic heterocycles. The lowest BCUT2D eigenvalue weighted by Crippen LogP contribution is -2.39. The summed E-state index contributed by atoms with van der Waals surface area (Å²) in [7, 11) is 3.52. The highest BCUT2D eigenvalue weighted by Crippen LogP contribution is 2.40. The highest BCUT2D eigenvalue weighted by Gasteiger charge is 2.30. The fourth-order valence-corrected chi connectivity index (χ4v) is 8.02. The number of piperidine rings is 1. The van der Waals surface area contributed by atoms with Crippen LogP contribution in [0.5, 0.6) is 0 Å². The van der Waals surface area contributed by atoms with Crippen LogP contribution in [0.25, 0.3) is 27.6 Å². The van der Waals surface area contributed by atoms with E-state index in [0.717, 1.165) is 51.8 Å². The Morgan fingerprint density at radius 1 is 0.982 bits per heavy atom. The van der Waals surface area contributed by atoms with Crippen LogP contribution in [0.4, 0.5) is 4.39 Å². The van der Waals surface area contributed by atoms with Crippen LogP contribution in [0.2, 0.25) is 0 Å². The molecule has 2 aliphatic heterocycles. The number of carbonyl (C=O) groups is 4. The molecule has 1 saturated heterocycles. The number of rotatable bonds is 12. The second-order valence-corrected chi connectivity index (χ2v) is 15.5. The van der Waals surface area contributed by atoms with Gasteiger partial charge in [0.2, 0.25) is 17.7 Å². The summed E-state index contributed by atoms with van der Waals surface area (Å²) in [6.45, 7) is 2.53. The SMILES string of the molecule is CN(C)C(=O)c1cc(-c2ccc(CCc3ccc(C4CCC(=O)NC4=O)cc3F)cc2)c2c(c1)cc(C1=CCCN(C(=O)CCn3ccnn3)C1)n2CC1CC1. The van der Waals surface area contributed by atoms with Gasteiger partial charge in [-0.3, -0.25) is 29.2 Å². The summed E-state index contributed by atoms with van der Waals surface area (Å²) in [6, 6.07) is 19.5. The van der Waals surface area contributed by atoms with Crippen LogP contribution in [0, 0.1) is 11.7 Å². The number of fused-ring (bicyclic) bond motifs is 1. The van der Waals surface area contributed by atoms with Gasteiger partial charge in [-0.25, -0.2) is 4.39 Å². The molecule has 4 amide bonds. The van der Waals surface area contributed by atoms with Crippen LogP contribution < -0.4 is 5.32 Å². The van der Waals surface area contributed by atoms with Gasteiger partial charge in [0.1, 0.15) is 5.82 Å². The van der Waals surface area contributed by atoms with E-state index in [1.165, 1.54) is 18.9 Å². The first-order valence-electron chi connectivity index (χ1n) is 19.5. The lowest BCUT2D eigenvalue weighted by molar-refractivity contribution is -0.134. The molecule has 3 aliphatic rings. The predicted molar refractivity (Wildman–Crippen MR) is 211 cm³/mol. The monoisotopic (exact) mass is 755 g/mol. The van der Waals surface area contributed by atoms with E-state index in [2.05, 4.69) is 56.6 Å². The quantitative estimate of drug-likeness (QED) is 0.152. The second kappa shape index (κ2) is 15.7. The molecule has 2 fully saturated rings. The molecule has 12 heteroatoms. The predicted octanol–water partition coefficient (Wildman–Crippen LogP) is 6.16. The van der Waals surface area contributed by atoms with Crippen LogP contribution in [0.15, 0.2) is 79.1 Å². The molecule has 0 spiro atoms. The van der Waals surface area contributed by atoms with E-state index in [1.54, 1.807) is 48.2 Å². The number of carbonyl (C=O) groups excluding carboxylic acids is 4.